The summed E-state index contributed by atoms with van der Waals surface area (Å²) >= 11 is 0. The smallest absolute Gasteiger partial charge is 0.248 e. The third-order valence-electron chi connectivity index (χ3n) is 5.02. The van der Waals surface area contributed by atoms with E-state index in [0.717, 1.165) is 6.26 Å². The Balaban J connectivity index is 2.41. The van der Waals surface area contributed by atoms with E-state index in [4.69, 9.17) is 0 Å². The molecule has 0 radical (unpaired) electrons. The zero-order valence-corrected chi connectivity index (χ0v) is 19.3. The van der Waals surface area contributed by atoms with Crippen LogP contribution in [0.5, 0.6) is 0 Å². The fourth-order valence-corrected chi connectivity index (χ4v) is 4.75. The number of rotatable bonds is 6. The van der Waals surface area contributed by atoms with E-state index in [-0.39, 0.29) is 24.8 Å². The molecule has 30 heavy (non-hydrogen) atoms. The van der Waals surface area contributed by atoms with Crippen LogP contribution in [0.1, 0.15) is 52.8 Å². The molecule has 3 atom stereocenters. The fraction of sp³-hybridized carbons (Fsp3) is 0.778. The number of amides is 2. The second-order valence-corrected chi connectivity index (χ2v) is 11.1. The van der Waals surface area contributed by atoms with Crippen molar-refractivity contribution in [1.29, 1.82) is 0 Å². The molecule has 1 aliphatic heterocycles. The zero-order chi connectivity index (χ0) is 23.1. The van der Waals surface area contributed by atoms with Gasteiger partial charge in [-0.15, -0.1) is 5.10 Å². The van der Waals surface area contributed by atoms with E-state index < -0.39 is 39.2 Å². The van der Waals surface area contributed by atoms with Crippen LogP contribution in [0.4, 0.5) is 0 Å². The molecule has 1 aromatic heterocycles. The summed E-state index contributed by atoms with van der Waals surface area (Å²) in [5.41, 5.74) is -1.29. The standard InChI is InChI=1S/C18H32N6O5S/c1-17(2,3)14(16(27)23-9-11(25)8-12(23)15(26)19-6)24-10-13(20-22-24)18(4,5)21-30(7,28)29/h10-12,14,21,25H,8-9H2,1-7H3,(H,19,26)/t11?,12-,14?/m1/s1. The van der Waals surface area contributed by atoms with Crippen molar-refractivity contribution in [3.05, 3.63) is 11.9 Å². The lowest BCUT2D eigenvalue weighted by Crippen LogP contribution is -2.49. The number of aliphatic hydroxyl groups excluding tert-OH is 1. The number of hydrogen-bond acceptors (Lipinski definition) is 7. The summed E-state index contributed by atoms with van der Waals surface area (Å²) < 4.78 is 27.2. The van der Waals surface area contributed by atoms with Crippen molar-refractivity contribution < 1.29 is 23.1 Å². The second-order valence-electron chi connectivity index (χ2n) is 9.36. The number of sulfonamides is 1. The second kappa shape index (κ2) is 8.23. The minimum Gasteiger partial charge on any atom is -0.391 e. The highest BCUT2D eigenvalue weighted by atomic mass is 32.2. The number of nitrogens with one attached hydrogen (secondary N) is 2. The highest BCUT2D eigenvalue weighted by Crippen LogP contribution is 2.34. The van der Waals surface area contributed by atoms with Crippen molar-refractivity contribution in [2.24, 2.45) is 5.41 Å². The maximum absolute atomic E-state index is 13.5. The van der Waals surface area contributed by atoms with Gasteiger partial charge in [-0.05, 0) is 19.3 Å². The summed E-state index contributed by atoms with van der Waals surface area (Å²) in [4.78, 5) is 27.1. The molecule has 0 aliphatic carbocycles. The summed E-state index contributed by atoms with van der Waals surface area (Å²) in [6.45, 7) is 8.92. The molecule has 11 nitrogen and oxygen atoms in total. The SMILES string of the molecule is CNC(=O)[C@H]1CC(O)CN1C(=O)C(n1cc(C(C)(C)NS(C)(=O)=O)nn1)C(C)(C)C. The van der Waals surface area contributed by atoms with Gasteiger partial charge in [0, 0.05) is 20.0 Å². The van der Waals surface area contributed by atoms with Gasteiger partial charge in [-0.2, -0.15) is 0 Å². The first-order chi connectivity index (χ1) is 13.6. The van der Waals surface area contributed by atoms with E-state index in [0.29, 0.717) is 5.69 Å². The highest BCUT2D eigenvalue weighted by Gasteiger charge is 2.45. The molecule has 0 bridgehead atoms. The van der Waals surface area contributed by atoms with Crippen molar-refractivity contribution >= 4 is 21.8 Å². The van der Waals surface area contributed by atoms with Gasteiger partial charge in [-0.1, -0.05) is 26.0 Å². The summed E-state index contributed by atoms with van der Waals surface area (Å²) in [7, 11) is -2.02. The molecular formula is C18H32N6O5S. The maximum atomic E-state index is 13.5. The van der Waals surface area contributed by atoms with Gasteiger partial charge in [0.05, 0.1) is 24.1 Å². The summed E-state index contributed by atoms with van der Waals surface area (Å²) in [5.74, 6) is -0.705. The van der Waals surface area contributed by atoms with E-state index in [9.17, 15) is 23.1 Å². The molecule has 0 aromatic carbocycles. The predicted molar refractivity (Wildman–Crippen MR) is 110 cm³/mol. The minimum atomic E-state index is -3.50. The van der Waals surface area contributed by atoms with Crippen LogP contribution in [0.15, 0.2) is 6.20 Å². The molecule has 12 heteroatoms. The number of aromatic nitrogens is 3. The largest absolute Gasteiger partial charge is 0.391 e. The Kier molecular flexibility index (Phi) is 6.65. The lowest BCUT2D eigenvalue weighted by atomic mass is 9.85. The molecule has 0 spiro atoms. The van der Waals surface area contributed by atoms with Crippen molar-refractivity contribution in [3.8, 4) is 0 Å². The molecule has 3 N–H and O–H groups in total. The minimum absolute atomic E-state index is 0.0478. The Bertz CT molecular complexity index is 904. The normalized spacial score (nSPS) is 21.5. The number of aliphatic hydroxyl groups is 1. The first-order valence-corrected chi connectivity index (χ1v) is 11.6. The number of carbonyl (C=O) groups is 2. The van der Waals surface area contributed by atoms with E-state index in [1.807, 2.05) is 20.8 Å². The van der Waals surface area contributed by atoms with Gasteiger partial charge >= 0.3 is 0 Å². The van der Waals surface area contributed by atoms with Crippen LogP contribution < -0.4 is 10.0 Å². The average molecular weight is 445 g/mol. The summed E-state index contributed by atoms with van der Waals surface area (Å²) in [5, 5.41) is 20.8. The topological polar surface area (TPSA) is 147 Å². The molecular weight excluding hydrogens is 412 g/mol. The molecule has 1 aromatic rings. The highest BCUT2D eigenvalue weighted by molar-refractivity contribution is 7.88. The van der Waals surface area contributed by atoms with Crippen LogP contribution in [-0.4, -0.2) is 77.2 Å². The Labute approximate surface area is 177 Å². The lowest BCUT2D eigenvalue weighted by Gasteiger charge is -2.34. The number of nitrogens with zero attached hydrogens (tertiary/aromatic N) is 4. The van der Waals surface area contributed by atoms with Gasteiger partial charge in [0.1, 0.15) is 17.8 Å². The third-order valence-corrected chi connectivity index (χ3v) is 5.90. The summed E-state index contributed by atoms with van der Waals surface area (Å²) in [6, 6.07) is -1.58. The molecule has 1 aliphatic rings. The fourth-order valence-electron chi connectivity index (χ4n) is 3.72. The van der Waals surface area contributed by atoms with Crippen molar-refractivity contribution in [3.63, 3.8) is 0 Å². The number of β-amino-alcohol motifs (C(OH)–C–C–N with tert-alkyl or cyclic N) is 1. The van der Waals surface area contributed by atoms with Gasteiger partial charge in [-0.3, -0.25) is 9.59 Å². The van der Waals surface area contributed by atoms with Gasteiger partial charge in [0.2, 0.25) is 21.8 Å². The Hall–Kier alpha value is -2.05. The number of likely N-dealkylation sites (tertiary alicyclic amines) is 1. The van der Waals surface area contributed by atoms with Crippen LogP contribution >= 0.6 is 0 Å². The molecule has 2 heterocycles. The first-order valence-electron chi connectivity index (χ1n) is 9.68. The zero-order valence-electron chi connectivity index (χ0n) is 18.5. The van der Waals surface area contributed by atoms with Crippen LogP contribution in [0.2, 0.25) is 0 Å². The molecule has 1 saturated heterocycles. The first kappa shape index (κ1) is 24.2. The van der Waals surface area contributed by atoms with Crippen molar-refractivity contribution in [2.45, 2.75) is 64.8 Å². The third kappa shape index (κ3) is 5.35. The molecule has 2 unspecified atom stereocenters. The Morgan fingerprint density at radius 1 is 1.27 bits per heavy atom. The van der Waals surface area contributed by atoms with Gasteiger partial charge in [0.25, 0.3) is 0 Å². The van der Waals surface area contributed by atoms with E-state index in [1.54, 1.807) is 13.8 Å². The summed E-state index contributed by atoms with van der Waals surface area (Å²) in [6.07, 6.45) is 1.96. The van der Waals surface area contributed by atoms with E-state index in [1.165, 1.54) is 22.8 Å². The van der Waals surface area contributed by atoms with Crippen LogP contribution in [0, 0.1) is 5.41 Å². The van der Waals surface area contributed by atoms with Gasteiger partial charge in [-0.25, -0.2) is 17.8 Å². The molecule has 2 amide bonds. The maximum Gasteiger partial charge on any atom is 0.248 e. The molecule has 1 fully saturated rings. The van der Waals surface area contributed by atoms with Crippen LogP contribution in [0.3, 0.4) is 0 Å². The number of hydrogen-bond donors (Lipinski definition) is 3. The van der Waals surface area contributed by atoms with Crippen molar-refractivity contribution in [1.82, 2.24) is 29.9 Å². The van der Waals surface area contributed by atoms with E-state index >= 15 is 0 Å². The van der Waals surface area contributed by atoms with Crippen LogP contribution in [0.25, 0.3) is 0 Å². The quantitative estimate of drug-likeness (QED) is 0.529. The molecule has 2 rings (SSSR count). The Morgan fingerprint density at radius 2 is 1.87 bits per heavy atom. The van der Waals surface area contributed by atoms with Crippen molar-refractivity contribution in [2.75, 3.05) is 19.8 Å². The lowest BCUT2D eigenvalue weighted by molar-refractivity contribution is -0.144. The monoisotopic (exact) mass is 444 g/mol. The average Bonchev–Trinajstić information content (AvgIpc) is 3.18. The molecule has 170 valence electrons. The predicted octanol–water partition coefficient (Wildman–Crippen LogP) is -0.643. The van der Waals surface area contributed by atoms with E-state index in [2.05, 4.69) is 20.4 Å². The van der Waals surface area contributed by atoms with Gasteiger partial charge in [0.15, 0.2) is 0 Å². The Morgan fingerprint density at radius 3 is 2.37 bits per heavy atom. The van der Waals surface area contributed by atoms with Gasteiger partial charge < -0.3 is 15.3 Å². The number of likely N-dealkylation sites (N-methyl/N-ethyl adjacent to an activating group) is 1. The molecule has 0 saturated carbocycles. The van der Waals surface area contributed by atoms with Crippen LogP contribution in [-0.2, 0) is 25.2 Å². The number of carbonyl (C=O) groups excluding carboxylic acids is 2.